The van der Waals surface area contributed by atoms with Crippen LogP contribution >= 0.6 is 11.6 Å². The van der Waals surface area contributed by atoms with Gasteiger partial charge in [-0.05, 0) is 30.3 Å². The van der Waals surface area contributed by atoms with E-state index in [1.54, 1.807) is 12.1 Å². The van der Waals surface area contributed by atoms with Crippen LogP contribution in [0.15, 0.2) is 46.9 Å². The predicted octanol–water partition coefficient (Wildman–Crippen LogP) is 4.47. The fraction of sp³-hybridized carbons (Fsp3) is 0. The van der Waals surface area contributed by atoms with Crippen LogP contribution in [0.2, 0.25) is 5.02 Å². The molecule has 2 aromatic carbocycles. The third kappa shape index (κ3) is 1.73. The fourth-order valence-electron chi connectivity index (χ4n) is 1.90. The highest BCUT2D eigenvalue weighted by atomic mass is 35.5. The summed E-state index contributed by atoms with van der Waals surface area (Å²) >= 11 is 6.03. The first-order valence-corrected chi connectivity index (χ1v) is 5.76. The average molecular weight is 262 g/mol. The third-order valence-electron chi connectivity index (χ3n) is 2.78. The van der Waals surface area contributed by atoms with Gasteiger partial charge in [0.05, 0.1) is 5.02 Å². The molecule has 2 nitrogen and oxygen atoms in total. The summed E-state index contributed by atoms with van der Waals surface area (Å²) in [6, 6.07) is 11.4. The van der Waals surface area contributed by atoms with E-state index in [0.29, 0.717) is 27.6 Å². The van der Waals surface area contributed by atoms with Gasteiger partial charge in [-0.2, -0.15) is 0 Å². The second-order valence-electron chi connectivity index (χ2n) is 4.00. The Bertz CT molecular complexity index is 736. The maximum Gasteiger partial charge on any atom is 0.153 e. The molecule has 3 aromatic rings. The lowest BCUT2D eigenvalue weighted by Gasteiger charge is -2.01. The number of rotatable bonds is 1. The summed E-state index contributed by atoms with van der Waals surface area (Å²) in [7, 11) is 0. The van der Waals surface area contributed by atoms with E-state index in [-0.39, 0.29) is 5.82 Å². The van der Waals surface area contributed by atoms with Crippen molar-refractivity contribution in [2.24, 2.45) is 0 Å². The predicted molar refractivity (Wildman–Crippen MR) is 71.0 cm³/mol. The van der Waals surface area contributed by atoms with Crippen LogP contribution in [0.5, 0.6) is 0 Å². The molecule has 0 amide bonds. The van der Waals surface area contributed by atoms with Gasteiger partial charge in [0.15, 0.2) is 5.58 Å². The summed E-state index contributed by atoms with van der Waals surface area (Å²) in [5.41, 5.74) is 7.40. The van der Waals surface area contributed by atoms with Crippen molar-refractivity contribution in [2.45, 2.75) is 0 Å². The zero-order valence-electron chi connectivity index (χ0n) is 9.28. The molecule has 1 aromatic heterocycles. The maximum absolute atomic E-state index is 13.2. The van der Waals surface area contributed by atoms with E-state index in [2.05, 4.69) is 0 Å². The number of furan rings is 1. The lowest BCUT2D eigenvalue weighted by atomic mass is 10.1. The van der Waals surface area contributed by atoms with Crippen molar-refractivity contribution in [1.82, 2.24) is 0 Å². The second kappa shape index (κ2) is 4.03. The molecular formula is C14H9ClFNO. The van der Waals surface area contributed by atoms with Gasteiger partial charge in [0.2, 0.25) is 0 Å². The Labute approximate surface area is 108 Å². The Morgan fingerprint density at radius 2 is 1.94 bits per heavy atom. The van der Waals surface area contributed by atoms with Crippen LogP contribution < -0.4 is 5.73 Å². The Balaban J connectivity index is 2.26. The highest BCUT2D eigenvalue weighted by molar-refractivity contribution is 6.34. The number of fused-ring (bicyclic) bond motifs is 1. The van der Waals surface area contributed by atoms with E-state index in [1.807, 2.05) is 12.1 Å². The zero-order valence-corrected chi connectivity index (χ0v) is 10.0. The Hall–Kier alpha value is -2.00. The number of halogens is 2. The topological polar surface area (TPSA) is 39.2 Å². The van der Waals surface area contributed by atoms with Crippen LogP contribution in [0.25, 0.3) is 22.3 Å². The van der Waals surface area contributed by atoms with E-state index >= 15 is 0 Å². The van der Waals surface area contributed by atoms with Gasteiger partial charge in [-0.1, -0.05) is 23.7 Å². The molecule has 90 valence electrons. The molecule has 0 aliphatic carbocycles. The van der Waals surface area contributed by atoms with Crippen molar-refractivity contribution >= 4 is 28.3 Å². The van der Waals surface area contributed by atoms with E-state index in [1.165, 1.54) is 18.2 Å². The molecule has 2 N–H and O–H groups in total. The highest BCUT2D eigenvalue weighted by Crippen LogP contribution is 2.34. The van der Waals surface area contributed by atoms with E-state index in [9.17, 15) is 4.39 Å². The summed E-state index contributed by atoms with van der Waals surface area (Å²) in [4.78, 5) is 0. The van der Waals surface area contributed by atoms with Gasteiger partial charge in [0, 0.05) is 16.6 Å². The Kier molecular flexibility index (Phi) is 2.49. The molecule has 3 rings (SSSR count). The van der Waals surface area contributed by atoms with E-state index in [4.69, 9.17) is 21.8 Å². The third-order valence-corrected chi connectivity index (χ3v) is 3.07. The standard InChI is InChI=1S/C14H9ClFNO/c15-11-3-1-2-8-6-13(18-14(8)11)10-7-9(16)4-5-12(10)17/h1-7H,17H2. The quantitative estimate of drug-likeness (QED) is 0.656. The normalized spacial score (nSPS) is 11.0. The monoisotopic (exact) mass is 261 g/mol. The fourth-order valence-corrected chi connectivity index (χ4v) is 2.12. The number of anilines is 1. The van der Waals surface area contributed by atoms with Gasteiger partial charge in [-0.25, -0.2) is 4.39 Å². The van der Waals surface area contributed by atoms with Crippen molar-refractivity contribution in [2.75, 3.05) is 5.73 Å². The van der Waals surface area contributed by atoms with Gasteiger partial charge in [0.1, 0.15) is 11.6 Å². The molecule has 0 radical (unpaired) electrons. The average Bonchev–Trinajstić information content (AvgIpc) is 2.77. The zero-order chi connectivity index (χ0) is 12.7. The minimum absolute atomic E-state index is 0.356. The number of para-hydroxylation sites is 1. The van der Waals surface area contributed by atoms with Crippen LogP contribution in [0.3, 0.4) is 0 Å². The van der Waals surface area contributed by atoms with Gasteiger partial charge in [-0.3, -0.25) is 0 Å². The molecule has 0 aliphatic rings. The molecule has 18 heavy (non-hydrogen) atoms. The van der Waals surface area contributed by atoms with Crippen molar-refractivity contribution in [3.8, 4) is 11.3 Å². The second-order valence-corrected chi connectivity index (χ2v) is 4.41. The summed E-state index contributed by atoms with van der Waals surface area (Å²) in [5.74, 6) is 0.154. The lowest BCUT2D eigenvalue weighted by Crippen LogP contribution is -1.89. The summed E-state index contributed by atoms with van der Waals surface area (Å²) in [5, 5.41) is 1.38. The molecule has 0 fully saturated rings. The molecule has 0 unspecified atom stereocenters. The molecule has 0 saturated carbocycles. The maximum atomic E-state index is 13.2. The lowest BCUT2D eigenvalue weighted by molar-refractivity contribution is 0.618. The summed E-state index contributed by atoms with van der Waals surface area (Å²) in [6.45, 7) is 0. The van der Waals surface area contributed by atoms with Crippen molar-refractivity contribution in [3.05, 3.63) is 53.3 Å². The largest absolute Gasteiger partial charge is 0.454 e. The van der Waals surface area contributed by atoms with Crippen LogP contribution in [-0.4, -0.2) is 0 Å². The van der Waals surface area contributed by atoms with Crippen molar-refractivity contribution in [3.63, 3.8) is 0 Å². The molecular weight excluding hydrogens is 253 g/mol. The first-order valence-electron chi connectivity index (χ1n) is 5.38. The van der Waals surface area contributed by atoms with Gasteiger partial charge in [0.25, 0.3) is 0 Å². The van der Waals surface area contributed by atoms with E-state index in [0.717, 1.165) is 5.39 Å². The SMILES string of the molecule is Nc1ccc(F)cc1-c1cc2cccc(Cl)c2o1. The molecule has 0 bridgehead atoms. The van der Waals surface area contributed by atoms with Crippen LogP contribution in [0.1, 0.15) is 0 Å². The Morgan fingerprint density at radius 1 is 1.11 bits per heavy atom. The number of hydrogen-bond donors (Lipinski definition) is 1. The van der Waals surface area contributed by atoms with E-state index < -0.39 is 0 Å². The molecule has 0 atom stereocenters. The number of nitrogen functional groups attached to an aromatic ring is 1. The smallest absolute Gasteiger partial charge is 0.153 e. The summed E-state index contributed by atoms with van der Waals surface area (Å²) < 4.78 is 18.9. The number of hydrogen-bond acceptors (Lipinski definition) is 2. The molecule has 0 saturated heterocycles. The minimum Gasteiger partial charge on any atom is -0.454 e. The molecule has 1 heterocycles. The van der Waals surface area contributed by atoms with Crippen LogP contribution in [0, 0.1) is 5.82 Å². The number of nitrogens with two attached hydrogens (primary N) is 1. The molecule has 0 aliphatic heterocycles. The van der Waals surface area contributed by atoms with Gasteiger partial charge >= 0.3 is 0 Å². The minimum atomic E-state index is -0.356. The van der Waals surface area contributed by atoms with Crippen molar-refractivity contribution < 1.29 is 8.81 Å². The van der Waals surface area contributed by atoms with Crippen LogP contribution in [-0.2, 0) is 0 Å². The molecule has 4 heteroatoms. The molecule has 0 spiro atoms. The summed E-state index contributed by atoms with van der Waals surface area (Å²) in [6.07, 6.45) is 0. The van der Waals surface area contributed by atoms with Crippen molar-refractivity contribution in [1.29, 1.82) is 0 Å². The number of benzene rings is 2. The van der Waals surface area contributed by atoms with Crippen LogP contribution in [0.4, 0.5) is 10.1 Å². The first kappa shape index (κ1) is 11.1. The Morgan fingerprint density at radius 3 is 2.72 bits per heavy atom. The van der Waals surface area contributed by atoms with Gasteiger partial charge in [-0.15, -0.1) is 0 Å². The first-order chi connectivity index (χ1) is 8.65. The highest BCUT2D eigenvalue weighted by Gasteiger charge is 2.11. The van der Waals surface area contributed by atoms with Gasteiger partial charge < -0.3 is 10.2 Å².